The second-order valence-electron chi connectivity index (χ2n) is 4.39. The van der Waals surface area contributed by atoms with Crippen molar-refractivity contribution in [3.63, 3.8) is 0 Å². The average Bonchev–Trinajstić information content (AvgIpc) is 2.91. The normalized spacial score (nSPS) is 10.0. The van der Waals surface area contributed by atoms with Gasteiger partial charge in [0.05, 0.1) is 26.5 Å². The molecule has 0 unspecified atom stereocenters. The summed E-state index contributed by atoms with van der Waals surface area (Å²) in [6.07, 6.45) is 0. The largest absolute Gasteiger partial charge is 0.497 e. The molecule has 0 aliphatic rings. The zero-order valence-corrected chi connectivity index (χ0v) is 13.0. The minimum Gasteiger partial charge on any atom is -0.497 e. The van der Waals surface area contributed by atoms with Crippen LogP contribution in [0, 0.1) is 0 Å². The third-order valence-corrected chi connectivity index (χ3v) is 3.78. The van der Waals surface area contributed by atoms with Gasteiger partial charge in [-0.2, -0.15) is 0 Å². The number of amides is 1. The maximum absolute atomic E-state index is 11.1. The number of nitrogens with one attached hydrogen (secondary N) is 2. The van der Waals surface area contributed by atoms with Crippen LogP contribution >= 0.6 is 11.3 Å². The molecule has 1 heterocycles. The number of carbonyl (C=O) groups excluding carboxylic acids is 1. The van der Waals surface area contributed by atoms with Gasteiger partial charge in [0, 0.05) is 35.7 Å². The first-order chi connectivity index (χ1) is 10.1. The second kappa shape index (κ2) is 6.99. The fourth-order valence-corrected chi connectivity index (χ4v) is 2.64. The summed E-state index contributed by atoms with van der Waals surface area (Å²) in [5, 5.41) is 8.08. The molecule has 1 aromatic heterocycles. The van der Waals surface area contributed by atoms with Crippen LogP contribution in [0.3, 0.4) is 0 Å². The van der Waals surface area contributed by atoms with E-state index in [0.717, 1.165) is 27.8 Å². The van der Waals surface area contributed by atoms with E-state index in [1.54, 1.807) is 25.6 Å². The van der Waals surface area contributed by atoms with Crippen LogP contribution in [0.1, 0.15) is 11.8 Å². The Kier molecular flexibility index (Phi) is 5.05. The van der Waals surface area contributed by atoms with E-state index < -0.39 is 0 Å². The molecule has 1 aromatic carbocycles. The minimum atomic E-state index is -0.0716. The van der Waals surface area contributed by atoms with E-state index in [1.165, 1.54) is 6.92 Å². The summed E-state index contributed by atoms with van der Waals surface area (Å²) in [6.45, 7) is 2.12. The molecular weight excluding hydrogens is 288 g/mol. The lowest BCUT2D eigenvalue weighted by atomic mass is 10.2. The third-order valence-electron chi connectivity index (χ3n) is 2.86. The minimum absolute atomic E-state index is 0.0716. The molecular formula is C15H18N2O3S. The van der Waals surface area contributed by atoms with Crippen molar-refractivity contribution in [1.29, 1.82) is 0 Å². The SMILES string of the molecule is COc1cc(NCc2sccc2NC(C)=O)cc(OC)c1. The molecule has 0 fully saturated rings. The molecule has 0 saturated heterocycles. The molecule has 112 valence electrons. The van der Waals surface area contributed by atoms with Gasteiger partial charge in [0.1, 0.15) is 11.5 Å². The van der Waals surface area contributed by atoms with Crippen molar-refractivity contribution >= 4 is 28.6 Å². The van der Waals surface area contributed by atoms with Crippen molar-refractivity contribution in [2.24, 2.45) is 0 Å². The summed E-state index contributed by atoms with van der Waals surface area (Å²) < 4.78 is 10.5. The topological polar surface area (TPSA) is 59.6 Å². The van der Waals surface area contributed by atoms with Crippen LogP contribution < -0.4 is 20.1 Å². The lowest BCUT2D eigenvalue weighted by Gasteiger charge is -2.11. The molecule has 2 aromatic rings. The van der Waals surface area contributed by atoms with Crippen LogP contribution in [0.5, 0.6) is 11.5 Å². The number of rotatable bonds is 6. The van der Waals surface area contributed by atoms with Crippen LogP contribution in [0.4, 0.5) is 11.4 Å². The Hall–Kier alpha value is -2.21. The summed E-state index contributed by atoms with van der Waals surface area (Å²) >= 11 is 1.59. The van der Waals surface area contributed by atoms with Gasteiger partial charge < -0.3 is 20.1 Å². The molecule has 5 nitrogen and oxygen atoms in total. The molecule has 6 heteroatoms. The number of benzene rings is 1. The average molecular weight is 306 g/mol. The summed E-state index contributed by atoms with van der Waals surface area (Å²) in [6, 6.07) is 7.51. The maximum Gasteiger partial charge on any atom is 0.221 e. The summed E-state index contributed by atoms with van der Waals surface area (Å²) in [7, 11) is 3.24. The quantitative estimate of drug-likeness (QED) is 0.859. The first-order valence-electron chi connectivity index (χ1n) is 6.43. The van der Waals surface area contributed by atoms with Crippen molar-refractivity contribution in [2.75, 3.05) is 24.9 Å². The number of thiophene rings is 1. The van der Waals surface area contributed by atoms with E-state index in [2.05, 4.69) is 10.6 Å². The highest BCUT2D eigenvalue weighted by Gasteiger charge is 2.07. The highest BCUT2D eigenvalue weighted by atomic mass is 32.1. The Morgan fingerprint density at radius 3 is 2.43 bits per heavy atom. The van der Waals surface area contributed by atoms with Crippen LogP contribution in [0.25, 0.3) is 0 Å². The van der Waals surface area contributed by atoms with Gasteiger partial charge in [-0.25, -0.2) is 0 Å². The number of methoxy groups -OCH3 is 2. The van der Waals surface area contributed by atoms with E-state index >= 15 is 0 Å². The van der Waals surface area contributed by atoms with Gasteiger partial charge in [-0.05, 0) is 11.4 Å². The van der Waals surface area contributed by atoms with E-state index in [4.69, 9.17) is 9.47 Å². The lowest BCUT2D eigenvalue weighted by Crippen LogP contribution is -2.08. The number of carbonyl (C=O) groups is 1. The molecule has 0 aliphatic carbocycles. The molecule has 0 bridgehead atoms. The van der Waals surface area contributed by atoms with Crippen LogP contribution in [0.2, 0.25) is 0 Å². The van der Waals surface area contributed by atoms with E-state index in [-0.39, 0.29) is 5.91 Å². The van der Waals surface area contributed by atoms with Crippen molar-refractivity contribution in [1.82, 2.24) is 0 Å². The van der Waals surface area contributed by atoms with Crippen molar-refractivity contribution in [3.05, 3.63) is 34.5 Å². The molecule has 21 heavy (non-hydrogen) atoms. The highest BCUT2D eigenvalue weighted by molar-refractivity contribution is 7.10. The van der Waals surface area contributed by atoms with Crippen LogP contribution in [0.15, 0.2) is 29.6 Å². The van der Waals surface area contributed by atoms with Crippen molar-refractivity contribution in [3.8, 4) is 11.5 Å². The van der Waals surface area contributed by atoms with Gasteiger partial charge in [-0.1, -0.05) is 0 Å². The monoisotopic (exact) mass is 306 g/mol. The molecule has 0 saturated carbocycles. The Morgan fingerprint density at radius 2 is 1.86 bits per heavy atom. The van der Waals surface area contributed by atoms with Gasteiger partial charge in [0.15, 0.2) is 0 Å². The Labute approximate surface area is 127 Å². The lowest BCUT2D eigenvalue weighted by molar-refractivity contribution is -0.114. The fourth-order valence-electron chi connectivity index (χ4n) is 1.87. The fraction of sp³-hybridized carbons (Fsp3) is 0.267. The zero-order valence-electron chi connectivity index (χ0n) is 12.2. The van der Waals surface area contributed by atoms with Crippen molar-refractivity contribution in [2.45, 2.75) is 13.5 Å². The van der Waals surface area contributed by atoms with E-state index in [1.807, 2.05) is 29.6 Å². The Bertz CT molecular complexity index is 603. The number of hydrogen-bond acceptors (Lipinski definition) is 5. The van der Waals surface area contributed by atoms with Gasteiger partial charge in [-0.3, -0.25) is 4.79 Å². The number of anilines is 2. The van der Waals surface area contributed by atoms with Crippen molar-refractivity contribution < 1.29 is 14.3 Å². The first kappa shape index (κ1) is 15.2. The summed E-state index contributed by atoms with van der Waals surface area (Å²) in [4.78, 5) is 12.2. The van der Waals surface area contributed by atoms with E-state index in [9.17, 15) is 4.79 Å². The maximum atomic E-state index is 11.1. The predicted octanol–water partition coefficient (Wildman–Crippen LogP) is 3.34. The molecule has 2 rings (SSSR count). The van der Waals surface area contributed by atoms with Crippen LogP contribution in [-0.4, -0.2) is 20.1 Å². The number of hydrogen-bond donors (Lipinski definition) is 2. The van der Waals surface area contributed by atoms with Gasteiger partial charge in [-0.15, -0.1) is 11.3 Å². The third kappa shape index (κ3) is 4.13. The van der Waals surface area contributed by atoms with Gasteiger partial charge in [0.2, 0.25) is 5.91 Å². The highest BCUT2D eigenvalue weighted by Crippen LogP contribution is 2.28. The first-order valence-corrected chi connectivity index (χ1v) is 7.31. The number of ether oxygens (including phenoxy) is 2. The van der Waals surface area contributed by atoms with Gasteiger partial charge in [0.25, 0.3) is 0 Å². The standard InChI is InChI=1S/C15H18N2O3S/c1-10(18)17-14-4-5-21-15(14)9-16-11-6-12(19-2)8-13(7-11)20-3/h4-8,16H,9H2,1-3H3,(H,17,18). The second-order valence-corrected chi connectivity index (χ2v) is 5.39. The molecule has 0 aliphatic heterocycles. The summed E-state index contributed by atoms with van der Waals surface area (Å²) in [5.74, 6) is 1.38. The van der Waals surface area contributed by atoms with Crippen LogP contribution in [-0.2, 0) is 11.3 Å². The zero-order chi connectivity index (χ0) is 15.2. The van der Waals surface area contributed by atoms with Gasteiger partial charge >= 0.3 is 0 Å². The van der Waals surface area contributed by atoms with E-state index in [0.29, 0.717) is 6.54 Å². The molecule has 0 spiro atoms. The summed E-state index contributed by atoms with van der Waals surface area (Å²) in [5.41, 5.74) is 1.74. The molecule has 0 atom stereocenters. The molecule has 0 radical (unpaired) electrons. The molecule has 1 amide bonds. The smallest absolute Gasteiger partial charge is 0.221 e. The molecule has 2 N–H and O–H groups in total. The Morgan fingerprint density at radius 1 is 1.19 bits per heavy atom. The Balaban J connectivity index is 2.09. The predicted molar refractivity (Wildman–Crippen MR) is 85.5 cm³/mol.